The fraction of sp³-hybridized carbons (Fsp3) is 0.440. The van der Waals surface area contributed by atoms with Gasteiger partial charge in [-0.1, -0.05) is 0 Å². The zero-order valence-corrected chi connectivity index (χ0v) is 19.5. The van der Waals surface area contributed by atoms with Crippen molar-refractivity contribution >= 4 is 29.3 Å². The number of aromatic nitrogens is 2. The minimum Gasteiger partial charge on any atom is -0.493 e. The number of nitrogens with two attached hydrogens (primary N) is 1. The Labute approximate surface area is 198 Å². The lowest BCUT2D eigenvalue weighted by molar-refractivity contribution is 0.0927. The number of ether oxygens (including phenoxy) is 1. The lowest BCUT2D eigenvalue weighted by Gasteiger charge is -2.26. The molecular weight excluding hydrogens is 443 g/mol. The molecule has 1 aromatic carbocycles. The predicted molar refractivity (Wildman–Crippen MR) is 129 cm³/mol. The number of benzene rings is 1. The van der Waals surface area contributed by atoms with Gasteiger partial charge in [-0.3, -0.25) is 9.78 Å². The number of fused-ring (bicyclic) bond motifs is 1. The van der Waals surface area contributed by atoms with E-state index in [0.29, 0.717) is 40.4 Å². The summed E-state index contributed by atoms with van der Waals surface area (Å²) in [6.45, 7) is 2.50. The molecule has 2 heterocycles. The van der Waals surface area contributed by atoms with Gasteiger partial charge in [-0.25, -0.2) is 4.39 Å². The van der Waals surface area contributed by atoms with Crippen LogP contribution in [-0.2, 0) is 0 Å². The molecular formula is C25H30ClFN4O2. The maximum atomic E-state index is 14.2. The molecule has 176 valence electrons. The topological polar surface area (TPSA) is 93.0 Å². The van der Waals surface area contributed by atoms with Gasteiger partial charge in [0.05, 0.1) is 17.7 Å². The molecule has 2 saturated carbocycles. The number of hydrogen-bond acceptors (Lipinski definition) is 4. The van der Waals surface area contributed by atoms with Gasteiger partial charge in [-0.15, -0.1) is 12.4 Å². The molecule has 0 spiro atoms. The molecule has 0 bridgehead atoms. The Bertz CT molecular complexity index is 1150. The van der Waals surface area contributed by atoms with Crippen LogP contribution < -0.4 is 15.8 Å². The van der Waals surface area contributed by atoms with E-state index in [4.69, 9.17) is 10.5 Å². The molecule has 2 fully saturated rings. The van der Waals surface area contributed by atoms with Gasteiger partial charge in [0, 0.05) is 35.1 Å². The van der Waals surface area contributed by atoms with Gasteiger partial charge in [0.25, 0.3) is 5.91 Å². The van der Waals surface area contributed by atoms with Crippen molar-refractivity contribution in [1.29, 1.82) is 0 Å². The van der Waals surface area contributed by atoms with Crippen molar-refractivity contribution in [1.82, 2.24) is 15.3 Å². The summed E-state index contributed by atoms with van der Waals surface area (Å²) in [5.74, 6) is 0.758. The third kappa shape index (κ3) is 4.99. The van der Waals surface area contributed by atoms with Crippen LogP contribution in [0.2, 0.25) is 0 Å². The summed E-state index contributed by atoms with van der Waals surface area (Å²) in [7, 11) is 0. The van der Waals surface area contributed by atoms with Crippen LogP contribution in [0.4, 0.5) is 4.39 Å². The van der Waals surface area contributed by atoms with E-state index in [1.165, 1.54) is 25.0 Å². The monoisotopic (exact) mass is 472 g/mol. The highest BCUT2D eigenvalue weighted by molar-refractivity contribution is 6.09. The smallest absolute Gasteiger partial charge is 0.255 e. The average molecular weight is 473 g/mol. The number of nitrogens with one attached hydrogen (secondary N) is 2. The number of halogens is 2. The van der Waals surface area contributed by atoms with E-state index in [9.17, 15) is 9.18 Å². The van der Waals surface area contributed by atoms with Crippen LogP contribution in [0.3, 0.4) is 0 Å². The van der Waals surface area contributed by atoms with Crippen LogP contribution in [-0.4, -0.2) is 34.6 Å². The van der Waals surface area contributed by atoms with E-state index < -0.39 is 0 Å². The first-order valence-corrected chi connectivity index (χ1v) is 11.5. The average Bonchev–Trinajstić information content (AvgIpc) is 3.54. The number of aryl methyl sites for hydroxylation is 1. The number of aromatic amines is 1. The highest BCUT2D eigenvalue weighted by atomic mass is 35.5. The first-order chi connectivity index (χ1) is 15.5. The molecule has 1 amide bonds. The molecule has 3 aromatic rings. The highest BCUT2D eigenvalue weighted by Crippen LogP contribution is 2.38. The van der Waals surface area contributed by atoms with Crippen molar-refractivity contribution in [3.8, 4) is 16.9 Å². The molecule has 0 aliphatic heterocycles. The first-order valence-electron chi connectivity index (χ1n) is 11.5. The van der Waals surface area contributed by atoms with Crippen molar-refractivity contribution in [2.24, 2.45) is 11.7 Å². The molecule has 2 aromatic heterocycles. The summed E-state index contributed by atoms with van der Waals surface area (Å²) in [6.07, 6.45) is 7.63. The van der Waals surface area contributed by atoms with Crippen LogP contribution in [0.1, 0.15) is 54.6 Å². The Morgan fingerprint density at radius 3 is 2.67 bits per heavy atom. The maximum absolute atomic E-state index is 14.2. The van der Waals surface area contributed by atoms with Gasteiger partial charge in [-0.2, -0.15) is 0 Å². The molecule has 0 atom stereocenters. The van der Waals surface area contributed by atoms with Gasteiger partial charge in [0.1, 0.15) is 17.1 Å². The third-order valence-corrected chi connectivity index (χ3v) is 6.61. The van der Waals surface area contributed by atoms with E-state index in [1.807, 2.05) is 13.0 Å². The number of nitrogens with zero attached hydrogens (tertiary/aromatic N) is 1. The number of H-pyrrole nitrogens is 1. The lowest BCUT2D eigenvalue weighted by atomic mass is 9.91. The highest BCUT2D eigenvalue weighted by Gasteiger charge is 2.26. The molecule has 8 heteroatoms. The zero-order chi connectivity index (χ0) is 22.2. The molecule has 6 nitrogen and oxygen atoms in total. The van der Waals surface area contributed by atoms with Crippen LogP contribution in [0.15, 0.2) is 30.5 Å². The maximum Gasteiger partial charge on any atom is 0.255 e. The molecule has 4 N–H and O–H groups in total. The van der Waals surface area contributed by atoms with E-state index in [-0.39, 0.29) is 36.2 Å². The number of rotatable bonds is 6. The van der Waals surface area contributed by atoms with E-state index in [2.05, 4.69) is 15.3 Å². The second-order valence-corrected chi connectivity index (χ2v) is 9.19. The van der Waals surface area contributed by atoms with Gasteiger partial charge in [-0.05, 0) is 75.6 Å². The predicted octanol–water partition coefficient (Wildman–Crippen LogP) is 4.89. The number of carbonyl (C=O) groups excluding carboxylic acids is 1. The summed E-state index contributed by atoms with van der Waals surface area (Å²) in [5.41, 5.74) is 9.99. The van der Waals surface area contributed by atoms with Crippen LogP contribution in [0, 0.1) is 18.7 Å². The molecule has 0 radical (unpaired) electrons. The normalized spacial score (nSPS) is 20.3. The summed E-state index contributed by atoms with van der Waals surface area (Å²) in [4.78, 5) is 21.0. The summed E-state index contributed by atoms with van der Waals surface area (Å²) in [5, 5.41) is 3.16. The summed E-state index contributed by atoms with van der Waals surface area (Å²) < 4.78 is 20.2. The fourth-order valence-corrected chi connectivity index (χ4v) is 4.56. The lowest BCUT2D eigenvalue weighted by Crippen LogP contribution is -2.40. The van der Waals surface area contributed by atoms with Gasteiger partial charge < -0.3 is 20.8 Å². The van der Waals surface area contributed by atoms with Crippen molar-refractivity contribution in [2.75, 3.05) is 6.61 Å². The van der Waals surface area contributed by atoms with Gasteiger partial charge >= 0.3 is 0 Å². The first kappa shape index (κ1) is 23.5. The minimum absolute atomic E-state index is 0. The van der Waals surface area contributed by atoms with Gasteiger partial charge in [0.15, 0.2) is 0 Å². The Morgan fingerprint density at radius 2 is 1.94 bits per heavy atom. The molecule has 0 saturated heterocycles. The SMILES string of the molecule is Cc1[nH]c2c(-c3cc(F)ccc3OCC3CC3)ccnc2c1C(=O)NC1CCC(N)CC1.Cl. The number of hydrogen-bond donors (Lipinski definition) is 3. The summed E-state index contributed by atoms with van der Waals surface area (Å²) >= 11 is 0. The van der Waals surface area contributed by atoms with E-state index >= 15 is 0 Å². The van der Waals surface area contributed by atoms with Crippen LogP contribution in [0.5, 0.6) is 5.75 Å². The third-order valence-electron chi connectivity index (χ3n) is 6.61. The van der Waals surface area contributed by atoms with Crippen LogP contribution in [0.25, 0.3) is 22.2 Å². The Morgan fingerprint density at radius 1 is 1.18 bits per heavy atom. The number of carbonyl (C=O) groups is 1. The molecule has 33 heavy (non-hydrogen) atoms. The number of amides is 1. The summed E-state index contributed by atoms with van der Waals surface area (Å²) in [6, 6.07) is 6.76. The van der Waals surface area contributed by atoms with E-state index in [1.54, 1.807) is 12.3 Å². The Kier molecular flexibility index (Phi) is 6.91. The molecule has 2 aliphatic carbocycles. The van der Waals surface area contributed by atoms with Crippen molar-refractivity contribution in [2.45, 2.75) is 57.5 Å². The standard InChI is InChI=1S/C25H29FN4O2.ClH/c1-14-22(25(31)30-18-7-5-17(27)6-8-18)24-23(29-14)19(10-11-28-24)20-12-16(26)4-9-21(20)32-13-15-2-3-15;/h4,9-12,15,17-18,29H,2-3,5-8,13,27H2,1H3,(H,30,31);1H. The molecule has 0 unspecified atom stereocenters. The van der Waals surface area contributed by atoms with Gasteiger partial charge in [0.2, 0.25) is 0 Å². The molecule has 5 rings (SSSR count). The van der Waals surface area contributed by atoms with Crippen molar-refractivity contribution in [3.05, 3.63) is 47.5 Å². The Balaban J connectivity index is 0.00000259. The number of pyridine rings is 1. The quantitative estimate of drug-likeness (QED) is 0.476. The minimum atomic E-state index is -0.333. The van der Waals surface area contributed by atoms with Crippen molar-refractivity contribution in [3.63, 3.8) is 0 Å². The second-order valence-electron chi connectivity index (χ2n) is 9.19. The Hall–Kier alpha value is -2.64. The molecule has 2 aliphatic rings. The largest absolute Gasteiger partial charge is 0.493 e. The second kappa shape index (κ2) is 9.69. The van der Waals surface area contributed by atoms with Crippen LogP contribution >= 0.6 is 12.4 Å². The van der Waals surface area contributed by atoms with Crippen molar-refractivity contribution < 1.29 is 13.9 Å². The van der Waals surface area contributed by atoms with E-state index in [0.717, 1.165) is 36.9 Å². The zero-order valence-electron chi connectivity index (χ0n) is 18.7. The fourth-order valence-electron chi connectivity index (χ4n) is 4.56.